The molecular formula is C23H39NO4Si. The highest BCUT2D eigenvalue weighted by Gasteiger charge is 2.37. The van der Waals surface area contributed by atoms with Gasteiger partial charge in [0, 0.05) is 13.0 Å². The SMILES string of the molecule is CC(C)(C)OC(=O)N[C@@H](CCO[Si](C)(C)C(C)(C)C)C(=O)CCc1ccccc1. The summed E-state index contributed by atoms with van der Waals surface area (Å²) in [5.74, 6) is -0.00135. The molecule has 0 aliphatic rings. The fraction of sp³-hybridized carbons (Fsp3) is 0.652. The average molecular weight is 422 g/mol. The third-order valence-electron chi connectivity index (χ3n) is 5.26. The number of amides is 1. The summed E-state index contributed by atoms with van der Waals surface area (Å²) in [6.45, 7) is 16.8. The topological polar surface area (TPSA) is 64.6 Å². The number of ether oxygens (including phenoxy) is 1. The molecule has 0 aliphatic carbocycles. The zero-order valence-electron chi connectivity index (χ0n) is 19.4. The number of Topliss-reactive ketones (excluding diaryl/α,β-unsaturated/α-hetero) is 1. The number of carbonyl (C=O) groups excluding carboxylic acids is 2. The maximum Gasteiger partial charge on any atom is 0.408 e. The zero-order valence-corrected chi connectivity index (χ0v) is 20.4. The Labute approximate surface area is 177 Å². The average Bonchev–Trinajstić information content (AvgIpc) is 2.57. The maximum atomic E-state index is 12.9. The van der Waals surface area contributed by atoms with Crippen molar-refractivity contribution in [1.29, 1.82) is 0 Å². The molecule has 1 aromatic carbocycles. The van der Waals surface area contributed by atoms with Crippen LogP contribution in [0.3, 0.4) is 0 Å². The van der Waals surface area contributed by atoms with E-state index in [-0.39, 0.29) is 10.8 Å². The van der Waals surface area contributed by atoms with Crippen LogP contribution in [0.15, 0.2) is 30.3 Å². The van der Waals surface area contributed by atoms with Crippen LogP contribution in [0.4, 0.5) is 4.79 Å². The molecule has 5 nitrogen and oxygen atoms in total. The molecule has 0 aromatic heterocycles. The van der Waals surface area contributed by atoms with Crippen LogP contribution in [0.25, 0.3) is 0 Å². The summed E-state index contributed by atoms with van der Waals surface area (Å²) in [4.78, 5) is 25.1. The number of hydrogen-bond donors (Lipinski definition) is 1. The molecule has 0 unspecified atom stereocenters. The normalized spacial score (nSPS) is 13.7. The van der Waals surface area contributed by atoms with E-state index in [0.29, 0.717) is 25.9 Å². The predicted octanol–water partition coefficient (Wildman–Crippen LogP) is 5.49. The summed E-state index contributed by atoms with van der Waals surface area (Å²) in [6.07, 6.45) is 0.891. The number of carbonyl (C=O) groups is 2. The number of rotatable bonds is 9. The van der Waals surface area contributed by atoms with Gasteiger partial charge < -0.3 is 14.5 Å². The van der Waals surface area contributed by atoms with Crippen molar-refractivity contribution in [3.63, 3.8) is 0 Å². The van der Waals surface area contributed by atoms with Gasteiger partial charge in [0.05, 0.1) is 6.04 Å². The second-order valence-corrected chi connectivity index (χ2v) is 14.9. The maximum absolute atomic E-state index is 12.9. The van der Waals surface area contributed by atoms with E-state index in [0.717, 1.165) is 5.56 Å². The Kier molecular flexibility index (Phi) is 9.09. The van der Waals surface area contributed by atoms with Crippen LogP contribution in [0.1, 0.15) is 59.9 Å². The van der Waals surface area contributed by atoms with Crippen molar-refractivity contribution in [1.82, 2.24) is 5.32 Å². The number of ketones is 1. The van der Waals surface area contributed by atoms with Crippen molar-refractivity contribution in [3.8, 4) is 0 Å². The van der Waals surface area contributed by atoms with Crippen LogP contribution in [-0.2, 0) is 20.4 Å². The highest BCUT2D eigenvalue weighted by molar-refractivity contribution is 6.74. The molecule has 0 spiro atoms. The molecule has 0 aliphatic heterocycles. The molecular weight excluding hydrogens is 382 g/mol. The third kappa shape index (κ3) is 9.59. The fourth-order valence-corrected chi connectivity index (χ4v) is 3.56. The summed E-state index contributed by atoms with van der Waals surface area (Å²) in [7, 11) is -1.91. The van der Waals surface area contributed by atoms with Gasteiger partial charge in [-0.15, -0.1) is 0 Å². The number of benzene rings is 1. The lowest BCUT2D eigenvalue weighted by molar-refractivity contribution is -0.121. The molecule has 1 N–H and O–H groups in total. The highest BCUT2D eigenvalue weighted by Crippen LogP contribution is 2.36. The number of hydrogen-bond acceptors (Lipinski definition) is 4. The molecule has 0 saturated carbocycles. The van der Waals surface area contributed by atoms with Crippen molar-refractivity contribution in [2.45, 2.75) is 90.6 Å². The fourth-order valence-electron chi connectivity index (χ4n) is 2.50. The smallest absolute Gasteiger partial charge is 0.408 e. The lowest BCUT2D eigenvalue weighted by atomic mass is 10.0. The third-order valence-corrected chi connectivity index (χ3v) is 9.80. The van der Waals surface area contributed by atoms with E-state index in [9.17, 15) is 9.59 Å². The minimum absolute atomic E-state index is 0.00135. The van der Waals surface area contributed by atoms with E-state index in [1.807, 2.05) is 30.3 Å². The van der Waals surface area contributed by atoms with E-state index < -0.39 is 26.1 Å². The van der Waals surface area contributed by atoms with Crippen LogP contribution in [-0.4, -0.2) is 38.4 Å². The molecule has 0 bridgehead atoms. The van der Waals surface area contributed by atoms with Gasteiger partial charge in [0.15, 0.2) is 14.1 Å². The zero-order chi connectivity index (χ0) is 22.3. The Hall–Kier alpha value is -1.66. The van der Waals surface area contributed by atoms with Gasteiger partial charge in [-0.3, -0.25) is 4.79 Å². The quantitative estimate of drug-likeness (QED) is 0.535. The van der Waals surface area contributed by atoms with Crippen LogP contribution < -0.4 is 5.32 Å². The van der Waals surface area contributed by atoms with E-state index in [4.69, 9.17) is 9.16 Å². The minimum Gasteiger partial charge on any atom is -0.444 e. The van der Waals surface area contributed by atoms with Gasteiger partial charge in [0.1, 0.15) is 5.60 Å². The van der Waals surface area contributed by atoms with Crippen LogP contribution in [0.2, 0.25) is 18.1 Å². The summed E-state index contributed by atoms with van der Waals surface area (Å²) in [5.41, 5.74) is 0.494. The van der Waals surface area contributed by atoms with Gasteiger partial charge in [0.2, 0.25) is 0 Å². The summed E-state index contributed by atoms with van der Waals surface area (Å²) >= 11 is 0. The van der Waals surface area contributed by atoms with Gasteiger partial charge in [-0.2, -0.15) is 0 Å². The lowest BCUT2D eigenvalue weighted by Gasteiger charge is -2.36. The van der Waals surface area contributed by atoms with Crippen molar-refractivity contribution in [3.05, 3.63) is 35.9 Å². The standard InChI is InChI=1S/C23H39NO4Si/c1-22(2,3)28-21(26)24-19(16-17-27-29(7,8)23(4,5)6)20(25)15-14-18-12-10-9-11-13-18/h9-13,19H,14-17H2,1-8H3,(H,24,26)/t19-/m0/s1. The first kappa shape index (κ1) is 25.4. The van der Waals surface area contributed by atoms with Gasteiger partial charge in [0.25, 0.3) is 0 Å². The number of nitrogens with one attached hydrogen (secondary N) is 1. The Balaban J connectivity index is 2.74. The van der Waals surface area contributed by atoms with Gasteiger partial charge >= 0.3 is 6.09 Å². The molecule has 0 fully saturated rings. The first-order valence-electron chi connectivity index (χ1n) is 10.4. The van der Waals surface area contributed by atoms with Gasteiger partial charge in [-0.05, 0) is 57.3 Å². The summed E-state index contributed by atoms with van der Waals surface area (Å²) < 4.78 is 11.6. The Morgan fingerprint density at radius 1 is 1.03 bits per heavy atom. The molecule has 0 heterocycles. The summed E-state index contributed by atoms with van der Waals surface area (Å²) in [5, 5.41) is 2.85. The van der Waals surface area contributed by atoms with E-state index >= 15 is 0 Å². The largest absolute Gasteiger partial charge is 0.444 e. The number of aryl methyl sites for hydroxylation is 1. The monoisotopic (exact) mass is 421 g/mol. The second kappa shape index (κ2) is 10.4. The highest BCUT2D eigenvalue weighted by atomic mass is 28.4. The van der Waals surface area contributed by atoms with Crippen LogP contribution >= 0.6 is 0 Å². The van der Waals surface area contributed by atoms with E-state index in [2.05, 4.69) is 39.2 Å². The van der Waals surface area contributed by atoms with Gasteiger partial charge in [-0.25, -0.2) is 4.79 Å². The predicted molar refractivity (Wildman–Crippen MR) is 121 cm³/mol. The first-order valence-corrected chi connectivity index (χ1v) is 13.3. The first-order chi connectivity index (χ1) is 13.2. The van der Waals surface area contributed by atoms with Gasteiger partial charge in [-0.1, -0.05) is 51.1 Å². The Morgan fingerprint density at radius 2 is 1.62 bits per heavy atom. The summed E-state index contributed by atoms with van der Waals surface area (Å²) in [6, 6.07) is 9.27. The van der Waals surface area contributed by atoms with Crippen molar-refractivity contribution in [2.24, 2.45) is 0 Å². The van der Waals surface area contributed by atoms with Crippen LogP contribution in [0, 0.1) is 0 Å². The van der Waals surface area contributed by atoms with Crippen molar-refractivity contribution in [2.75, 3.05) is 6.61 Å². The molecule has 0 radical (unpaired) electrons. The lowest BCUT2D eigenvalue weighted by Crippen LogP contribution is -2.46. The minimum atomic E-state index is -1.91. The second-order valence-electron chi connectivity index (χ2n) is 10.0. The molecule has 29 heavy (non-hydrogen) atoms. The molecule has 0 saturated heterocycles. The van der Waals surface area contributed by atoms with Crippen molar-refractivity contribution < 1.29 is 18.8 Å². The molecule has 1 rings (SSSR count). The van der Waals surface area contributed by atoms with E-state index in [1.54, 1.807) is 20.8 Å². The molecule has 1 aromatic rings. The molecule has 6 heteroatoms. The van der Waals surface area contributed by atoms with Crippen molar-refractivity contribution >= 4 is 20.2 Å². The Bertz CT molecular complexity index is 660. The van der Waals surface area contributed by atoms with Crippen LogP contribution in [0.5, 0.6) is 0 Å². The molecule has 1 atom stereocenters. The van der Waals surface area contributed by atoms with E-state index in [1.165, 1.54) is 0 Å². The number of alkyl carbamates (subject to hydrolysis) is 1. The molecule has 164 valence electrons. The molecule has 1 amide bonds. The Morgan fingerprint density at radius 3 is 2.14 bits per heavy atom.